The summed E-state index contributed by atoms with van der Waals surface area (Å²) in [5.41, 5.74) is 7.67. The molecule has 6 nitrogen and oxygen atoms in total. The van der Waals surface area contributed by atoms with Crippen LogP contribution in [0, 0.1) is 20.8 Å². The lowest BCUT2D eigenvalue weighted by molar-refractivity contribution is 0.0851. The zero-order valence-electron chi connectivity index (χ0n) is 17.8. The number of hydrazine groups is 1. The van der Waals surface area contributed by atoms with E-state index in [1.54, 1.807) is 0 Å². The summed E-state index contributed by atoms with van der Waals surface area (Å²) in [6.45, 7) is 14.1. The van der Waals surface area contributed by atoms with Gasteiger partial charge in [-0.1, -0.05) is 27.7 Å². The van der Waals surface area contributed by atoms with Gasteiger partial charge in [0.1, 0.15) is 10.7 Å². The summed E-state index contributed by atoms with van der Waals surface area (Å²) in [6, 6.07) is 1.85. The Morgan fingerprint density at radius 1 is 1.03 bits per heavy atom. The summed E-state index contributed by atoms with van der Waals surface area (Å²) in [6.07, 6.45) is 0.883. The van der Waals surface area contributed by atoms with Gasteiger partial charge in [0.2, 0.25) is 0 Å². The highest BCUT2D eigenvalue weighted by molar-refractivity contribution is 7.20. The van der Waals surface area contributed by atoms with Crippen molar-refractivity contribution in [1.29, 1.82) is 0 Å². The van der Waals surface area contributed by atoms with Gasteiger partial charge < -0.3 is 0 Å². The summed E-state index contributed by atoms with van der Waals surface area (Å²) in [5.74, 6) is 0.0965. The van der Waals surface area contributed by atoms with Crippen molar-refractivity contribution in [3.05, 3.63) is 43.3 Å². The second-order valence-corrected chi connectivity index (χ2v) is 10.2. The van der Waals surface area contributed by atoms with E-state index in [1.165, 1.54) is 27.6 Å². The fourth-order valence-electron chi connectivity index (χ4n) is 3.11. The molecule has 0 saturated carbocycles. The molecule has 0 bridgehead atoms. The summed E-state index contributed by atoms with van der Waals surface area (Å²) in [7, 11) is 0. The monoisotopic (exact) mass is 430 g/mol. The fourth-order valence-corrected chi connectivity index (χ4v) is 5.24. The molecule has 0 spiro atoms. The average Bonchev–Trinajstić information content (AvgIpc) is 3.19. The molecule has 0 atom stereocenters. The van der Waals surface area contributed by atoms with Gasteiger partial charge in [-0.3, -0.25) is 20.4 Å². The first-order chi connectivity index (χ1) is 13.5. The van der Waals surface area contributed by atoms with Crippen LogP contribution in [-0.2, 0) is 11.8 Å². The smallest absolute Gasteiger partial charge is 0.266 e. The normalized spacial score (nSPS) is 11.7. The zero-order valence-corrected chi connectivity index (χ0v) is 19.4. The molecule has 154 valence electrons. The molecule has 8 heteroatoms. The number of amides is 2. The van der Waals surface area contributed by atoms with E-state index in [-0.39, 0.29) is 17.2 Å². The first-order valence-electron chi connectivity index (χ1n) is 9.51. The third-order valence-corrected chi connectivity index (χ3v) is 7.27. The molecular weight excluding hydrogens is 404 g/mol. The van der Waals surface area contributed by atoms with Gasteiger partial charge in [-0.05, 0) is 44.4 Å². The van der Waals surface area contributed by atoms with Gasteiger partial charge >= 0.3 is 0 Å². The molecule has 0 aliphatic heterocycles. The maximum Gasteiger partial charge on any atom is 0.280 e. The van der Waals surface area contributed by atoms with Crippen LogP contribution in [0.15, 0.2) is 6.07 Å². The van der Waals surface area contributed by atoms with Crippen LogP contribution in [0.5, 0.6) is 0 Å². The van der Waals surface area contributed by atoms with Gasteiger partial charge in [0.25, 0.3) is 11.8 Å². The quantitative estimate of drug-likeness (QED) is 0.594. The van der Waals surface area contributed by atoms with Crippen molar-refractivity contribution in [3.63, 3.8) is 0 Å². The highest BCUT2D eigenvalue weighted by Gasteiger charge is 2.23. The predicted octanol–water partition coefficient (Wildman–Crippen LogP) is 4.61. The standard InChI is InChI=1S/C21H26N4O2S2/c1-8-13-10(2)9-14(28-13)17(26)24-25-18(27)16-11(3)15-12(4)22-20(21(5,6)7)23-19(15)29-16/h9H,8H2,1-7H3,(H,24,26)(H,25,27). The van der Waals surface area contributed by atoms with E-state index in [2.05, 4.69) is 48.5 Å². The Balaban J connectivity index is 1.82. The van der Waals surface area contributed by atoms with E-state index in [9.17, 15) is 9.59 Å². The van der Waals surface area contributed by atoms with Crippen LogP contribution < -0.4 is 10.9 Å². The number of carbonyl (C=O) groups excluding carboxylic acids is 2. The van der Waals surface area contributed by atoms with Gasteiger partial charge in [0.05, 0.1) is 15.4 Å². The molecule has 2 N–H and O–H groups in total. The number of rotatable bonds is 3. The van der Waals surface area contributed by atoms with E-state index in [1.807, 2.05) is 26.8 Å². The van der Waals surface area contributed by atoms with Gasteiger partial charge in [-0.25, -0.2) is 9.97 Å². The SMILES string of the molecule is CCc1sc(C(=O)NNC(=O)c2sc3nc(C(C)(C)C)nc(C)c3c2C)cc1C. The number of nitrogens with one attached hydrogen (secondary N) is 2. The highest BCUT2D eigenvalue weighted by atomic mass is 32.1. The van der Waals surface area contributed by atoms with Gasteiger partial charge in [0, 0.05) is 15.7 Å². The minimum Gasteiger partial charge on any atom is -0.266 e. The Morgan fingerprint density at radius 3 is 2.28 bits per heavy atom. The fraction of sp³-hybridized carbons (Fsp3) is 0.429. The number of aromatic nitrogens is 2. The number of fused-ring (bicyclic) bond motifs is 1. The van der Waals surface area contributed by atoms with Crippen LogP contribution in [0.2, 0.25) is 0 Å². The van der Waals surface area contributed by atoms with Crippen molar-refractivity contribution < 1.29 is 9.59 Å². The lowest BCUT2D eigenvalue weighted by atomic mass is 9.95. The zero-order chi connectivity index (χ0) is 21.5. The molecule has 0 aliphatic rings. The molecule has 0 aliphatic carbocycles. The Labute approximate surface area is 178 Å². The molecule has 0 radical (unpaired) electrons. The van der Waals surface area contributed by atoms with Crippen molar-refractivity contribution in [2.75, 3.05) is 0 Å². The van der Waals surface area contributed by atoms with E-state index < -0.39 is 0 Å². The van der Waals surface area contributed by atoms with E-state index in [4.69, 9.17) is 0 Å². The van der Waals surface area contributed by atoms with Crippen molar-refractivity contribution in [3.8, 4) is 0 Å². The van der Waals surface area contributed by atoms with E-state index in [0.717, 1.165) is 39.3 Å². The molecule has 0 fully saturated rings. The molecule has 3 rings (SSSR count). The van der Waals surface area contributed by atoms with Gasteiger partial charge in [-0.2, -0.15) is 0 Å². The summed E-state index contributed by atoms with van der Waals surface area (Å²) in [4.78, 5) is 37.5. The first-order valence-corrected chi connectivity index (χ1v) is 11.1. The van der Waals surface area contributed by atoms with Crippen LogP contribution in [0.4, 0.5) is 0 Å². The third-order valence-electron chi connectivity index (χ3n) is 4.70. The molecule has 3 aromatic rings. The molecule has 29 heavy (non-hydrogen) atoms. The summed E-state index contributed by atoms with van der Waals surface area (Å²) < 4.78 is 0. The van der Waals surface area contributed by atoms with Crippen molar-refractivity contribution >= 4 is 44.7 Å². The Hall–Kier alpha value is -2.32. The van der Waals surface area contributed by atoms with Crippen molar-refractivity contribution in [1.82, 2.24) is 20.8 Å². The van der Waals surface area contributed by atoms with Gasteiger partial charge in [-0.15, -0.1) is 22.7 Å². The maximum absolute atomic E-state index is 12.7. The Morgan fingerprint density at radius 2 is 1.69 bits per heavy atom. The number of aryl methyl sites for hydroxylation is 4. The summed E-state index contributed by atoms with van der Waals surface area (Å²) in [5, 5.41) is 0.904. The number of nitrogens with zero attached hydrogens (tertiary/aromatic N) is 2. The minimum absolute atomic E-state index is 0.177. The highest BCUT2D eigenvalue weighted by Crippen LogP contribution is 2.33. The number of carbonyl (C=O) groups is 2. The van der Waals surface area contributed by atoms with Crippen LogP contribution in [-0.4, -0.2) is 21.8 Å². The predicted molar refractivity (Wildman–Crippen MR) is 119 cm³/mol. The lowest BCUT2D eigenvalue weighted by Crippen LogP contribution is -2.41. The number of hydrogen-bond acceptors (Lipinski definition) is 6. The van der Waals surface area contributed by atoms with Crippen LogP contribution in [0.3, 0.4) is 0 Å². The minimum atomic E-state index is -0.348. The Bertz CT molecular complexity index is 1110. The average molecular weight is 431 g/mol. The summed E-state index contributed by atoms with van der Waals surface area (Å²) >= 11 is 2.77. The van der Waals surface area contributed by atoms with E-state index >= 15 is 0 Å². The Kier molecular flexibility index (Phi) is 5.78. The number of thiophene rings is 2. The van der Waals surface area contributed by atoms with E-state index in [0.29, 0.717) is 9.75 Å². The molecule has 2 amide bonds. The molecule has 3 heterocycles. The first kappa shape index (κ1) is 21.4. The maximum atomic E-state index is 12.7. The van der Waals surface area contributed by atoms with Gasteiger partial charge in [0.15, 0.2) is 0 Å². The van der Waals surface area contributed by atoms with Crippen molar-refractivity contribution in [2.24, 2.45) is 0 Å². The number of hydrogen-bond donors (Lipinski definition) is 2. The lowest BCUT2D eigenvalue weighted by Gasteiger charge is -2.16. The molecular formula is C21H26N4O2S2. The molecule has 0 unspecified atom stereocenters. The topological polar surface area (TPSA) is 84.0 Å². The van der Waals surface area contributed by atoms with Crippen LogP contribution in [0.25, 0.3) is 10.2 Å². The molecule has 0 saturated heterocycles. The second-order valence-electron chi connectivity index (χ2n) is 8.10. The third kappa shape index (κ3) is 4.18. The van der Waals surface area contributed by atoms with Crippen LogP contribution >= 0.6 is 22.7 Å². The molecule has 3 aromatic heterocycles. The molecule has 0 aromatic carbocycles. The second kappa shape index (κ2) is 7.84. The van der Waals surface area contributed by atoms with Crippen LogP contribution in [0.1, 0.15) is 74.6 Å². The van der Waals surface area contributed by atoms with Crippen molar-refractivity contribution in [2.45, 2.75) is 60.3 Å². The largest absolute Gasteiger partial charge is 0.280 e.